The number of ether oxygens (including phenoxy) is 1. The van der Waals surface area contributed by atoms with Crippen LogP contribution in [-0.4, -0.2) is 35.0 Å². The maximum atomic E-state index is 13.5. The van der Waals surface area contributed by atoms with E-state index < -0.39 is 12.1 Å². The molecule has 2 N–H and O–H groups in total. The number of aromatic carboxylic acids is 1. The maximum Gasteiger partial charge on any atom is 0.348 e. The Morgan fingerprint density at radius 1 is 1.12 bits per heavy atom. The maximum absolute atomic E-state index is 13.5. The van der Waals surface area contributed by atoms with Gasteiger partial charge >= 0.3 is 5.97 Å². The molecule has 9 heteroatoms. The fourth-order valence-electron chi connectivity index (χ4n) is 4.48. The number of hydrogen-bond acceptors (Lipinski definition) is 6. The van der Waals surface area contributed by atoms with Crippen LogP contribution in [0.3, 0.4) is 0 Å². The van der Waals surface area contributed by atoms with Gasteiger partial charge in [0.15, 0.2) is 6.10 Å². The second-order valence-corrected chi connectivity index (χ2v) is 11.4. The number of nitrogens with zero attached hydrogens (tertiary/aromatic N) is 1. The lowest BCUT2D eigenvalue weighted by atomic mass is 9.82. The van der Waals surface area contributed by atoms with Crippen LogP contribution < -0.4 is 10.2 Å². The highest BCUT2D eigenvalue weighted by atomic mass is 32.1. The minimum atomic E-state index is -1.04. The third-order valence-electron chi connectivity index (χ3n) is 6.36. The molecule has 0 radical (unpaired) electrons. The van der Waals surface area contributed by atoms with Crippen molar-refractivity contribution in [2.24, 2.45) is 11.8 Å². The zero-order valence-corrected chi connectivity index (χ0v) is 21.2. The van der Waals surface area contributed by atoms with Gasteiger partial charge in [-0.05, 0) is 69.7 Å². The van der Waals surface area contributed by atoms with Gasteiger partial charge in [-0.2, -0.15) is 0 Å². The van der Waals surface area contributed by atoms with E-state index >= 15 is 0 Å². The van der Waals surface area contributed by atoms with Gasteiger partial charge in [0, 0.05) is 28.1 Å². The van der Waals surface area contributed by atoms with Crippen LogP contribution in [0.15, 0.2) is 30.5 Å². The average molecular weight is 503 g/mol. The minimum Gasteiger partial charge on any atom is -0.488 e. The van der Waals surface area contributed by atoms with E-state index in [9.17, 15) is 19.5 Å². The van der Waals surface area contributed by atoms with Crippen molar-refractivity contribution in [3.8, 4) is 9.75 Å². The van der Waals surface area contributed by atoms with Gasteiger partial charge in [-0.25, -0.2) is 4.79 Å². The third kappa shape index (κ3) is 5.20. The molecule has 34 heavy (non-hydrogen) atoms. The van der Waals surface area contributed by atoms with E-state index in [1.807, 2.05) is 19.9 Å². The van der Waals surface area contributed by atoms with Crippen molar-refractivity contribution >= 4 is 51.1 Å². The molecule has 0 aromatic carbocycles. The molecule has 1 saturated carbocycles. The lowest BCUT2D eigenvalue weighted by molar-refractivity contribution is -0.124. The average Bonchev–Trinajstić information content (AvgIpc) is 3.55. The smallest absolute Gasteiger partial charge is 0.348 e. The Morgan fingerprint density at radius 2 is 1.85 bits per heavy atom. The van der Waals surface area contributed by atoms with Crippen molar-refractivity contribution in [3.63, 3.8) is 0 Å². The molecule has 2 aliphatic rings. The van der Waals surface area contributed by atoms with Crippen LogP contribution in [0.4, 0.5) is 10.7 Å². The Hall–Kier alpha value is -2.65. The van der Waals surface area contributed by atoms with Gasteiger partial charge in [-0.1, -0.05) is 6.92 Å². The summed E-state index contributed by atoms with van der Waals surface area (Å²) in [6.07, 6.45) is 7.09. The summed E-state index contributed by atoms with van der Waals surface area (Å²) in [5.41, 5.74) is 0.454. The minimum absolute atomic E-state index is 0.0121. The van der Waals surface area contributed by atoms with Crippen LogP contribution in [0.25, 0.3) is 9.75 Å². The first kappa shape index (κ1) is 24.5. The number of carbonyl (C=O) groups excluding carboxylic acids is 2. The zero-order chi connectivity index (χ0) is 24.4. The monoisotopic (exact) mass is 502 g/mol. The molecular formula is C25H30N2O5S2. The summed E-state index contributed by atoms with van der Waals surface area (Å²) in [5, 5.41) is 13.5. The summed E-state index contributed by atoms with van der Waals surface area (Å²) in [7, 11) is 0. The van der Waals surface area contributed by atoms with Gasteiger partial charge in [-0.15, -0.1) is 22.7 Å². The van der Waals surface area contributed by atoms with E-state index in [0.717, 1.165) is 46.8 Å². The van der Waals surface area contributed by atoms with Crippen molar-refractivity contribution in [1.82, 2.24) is 0 Å². The van der Waals surface area contributed by atoms with Gasteiger partial charge < -0.3 is 20.1 Å². The van der Waals surface area contributed by atoms with Crippen LogP contribution in [0, 0.1) is 11.8 Å². The number of anilines is 2. The molecule has 2 aromatic rings. The summed E-state index contributed by atoms with van der Waals surface area (Å²) in [6.45, 7) is 6.06. The highest BCUT2D eigenvalue weighted by molar-refractivity contribution is 7.25. The number of hydrogen-bond donors (Lipinski definition) is 2. The summed E-state index contributed by atoms with van der Waals surface area (Å²) in [4.78, 5) is 41.4. The first-order chi connectivity index (χ1) is 16.2. The first-order valence-corrected chi connectivity index (χ1v) is 13.3. The summed E-state index contributed by atoms with van der Waals surface area (Å²) in [5.74, 6) is -0.686. The fraction of sp³-hybridized carbons (Fsp3) is 0.480. The lowest BCUT2D eigenvalue weighted by Crippen LogP contribution is -2.42. The normalized spacial score (nSPS) is 21.9. The molecule has 7 nitrogen and oxygen atoms in total. The van der Waals surface area contributed by atoms with Crippen molar-refractivity contribution in [3.05, 3.63) is 35.4 Å². The van der Waals surface area contributed by atoms with Crippen molar-refractivity contribution < 1.29 is 24.2 Å². The van der Waals surface area contributed by atoms with Gasteiger partial charge in [0.2, 0.25) is 5.91 Å². The van der Waals surface area contributed by atoms with E-state index in [0.29, 0.717) is 23.0 Å². The van der Waals surface area contributed by atoms with Crippen molar-refractivity contribution in [2.45, 2.75) is 65.0 Å². The molecular weight excluding hydrogens is 472 g/mol. The molecule has 2 amide bonds. The number of nitrogens with one attached hydrogen (secondary N) is 1. The van der Waals surface area contributed by atoms with Crippen molar-refractivity contribution in [1.29, 1.82) is 0 Å². The number of carboxylic acids is 1. The Kier molecular flexibility index (Phi) is 7.42. The molecule has 0 saturated heterocycles. The van der Waals surface area contributed by atoms with E-state index in [4.69, 9.17) is 4.74 Å². The predicted molar refractivity (Wildman–Crippen MR) is 136 cm³/mol. The topological polar surface area (TPSA) is 95.9 Å². The summed E-state index contributed by atoms with van der Waals surface area (Å²) < 4.78 is 5.26. The Morgan fingerprint density at radius 3 is 2.47 bits per heavy atom. The zero-order valence-electron chi connectivity index (χ0n) is 19.6. The van der Waals surface area contributed by atoms with Gasteiger partial charge in [-0.3, -0.25) is 9.59 Å². The van der Waals surface area contributed by atoms with Crippen LogP contribution in [0.1, 0.15) is 62.5 Å². The molecule has 1 fully saturated rings. The molecule has 182 valence electrons. The predicted octanol–water partition coefficient (Wildman–Crippen LogP) is 5.98. The summed E-state index contributed by atoms with van der Waals surface area (Å²) >= 11 is 2.53. The standard InChI is InChI=1S/C25H30N2O5S2/c1-14(2)27(24(29)16-8-6-15(3)7-9-16)17-13-20(34-22(17)25(30)31)19-10-11-21(33-19)26-23(28)18-5-4-12-32-18/h4,10-16,18H,5-9H2,1-3H3,(H,26,28)(H,30,31). The first-order valence-electron chi connectivity index (χ1n) is 11.7. The van der Waals surface area contributed by atoms with Crippen LogP contribution >= 0.6 is 22.7 Å². The molecule has 1 aliphatic heterocycles. The largest absolute Gasteiger partial charge is 0.488 e. The third-order valence-corrected chi connectivity index (χ3v) is 8.67. The fourth-order valence-corrected chi connectivity index (χ4v) is 6.46. The van der Waals surface area contributed by atoms with Crippen LogP contribution in [0.5, 0.6) is 0 Å². The lowest BCUT2D eigenvalue weighted by Gasteiger charge is -2.33. The molecule has 0 bridgehead atoms. The second kappa shape index (κ2) is 10.3. The second-order valence-electron chi connectivity index (χ2n) is 9.27. The van der Waals surface area contributed by atoms with Gasteiger partial charge in [0.25, 0.3) is 5.91 Å². The number of thiophene rings is 2. The SMILES string of the molecule is CC1CCC(C(=O)N(c2cc(-c3ccc(NC(=O)C4CC=CO4)s3)sc2C(=O)O)C(C)C)CC1. The molecule has 0 spiro atoms. The molecule has 1 aliphatic carbocycles. The number of carbonyl (C=O) groups is 3. The number of rotatable bonds is 7. The molecule has 3 heterocycles. The van der Waals surface area contributed by atoms with E-state index in [-0.39, 0.29) is 28.7 Å². The van der Waals surface area contributed by atoms with Crippen molar-refractivity contribution in [2.75, 3.05) is 10.2 Å². The quantitative estimate of drug-likeness (QED) is 0.485. The van der Waals surface area contributed by atoms with Crippen LogP contribution in [0.2, 0.25) is 0 Å². The number of amides is 2. The summed E-state index contributed by atoms with van der Waals surface area (Å²) in [6, 6.07) is 5.30. The molecule has 2 aromatic heterocycles. The Bertz CT molecular complexity index is 1090. The Labute approximate surface area is 207 Å². The molecule has 4 rings (SSSR count). The van der Waals surface area contributed by atoms with E-state index in [1.54, 1.807) is 23.1 Å². The van der Waals surface area contributed by atoms with E-state index in [1.165, 1.54) is 17.6 Å². The van der Waals surface area contributed by atoms with Gasteiger partial charge in [0.05, 0.1) is 17.0 Å². The highest BCUT2D eigenvalue weighted by Crippen LogP contribution is 2.42. The highest BCUT2D eigenvalue weighted by Gasteiger charge is 2.33. The molecule has 1 unspecified atom stereocenters. The Balaban J connectivity index is 1.58. The van der Waals surface area contributed by atoms with E-state index in [2.05, 4.69) is 12.2 Å². The number of carboxylic acid groups (broad SMARTS) is 1. The van der Waals surface area contributed by atoms with Crippen LogP contribution in [-0.2, 0) is 14.3 Å². The molecule has 1 atom stereocenters. The van der Waals surface area contributed by atoms with Gasteiger partial charge in [0.1, 0.15) is 4.88 Å².